The summed E-state index contributed by atoms with van der Waals surface area (Å²) < 4.78 is 10.1. The molecule has 4 heteroatoms. The zero-order valence-corrected chi connectivity index (χ0v) is 12.3. The number of benzene rings is 1. The summed E-state index contributed by atoms with van der Waals surface area (Å²) in [5.41, 5.74) is 2.85. The van der Waals surface area contributed by atoms with E-state index in [1.165, 1.54) is 13.8 Å². The van der Waals surface area contributed by atoms with Crippen molar-refractivity contribution >= 4 is 18.0 Å². The van der Waals surface area contributed by atoms with Crippen LogP contribution >= 0.6 is 0 Å². The first-order chi connectivity index (χ1) is 9.42. The van der Waals surface area contributed by atoms with Crippen molar-refractivity contribution in [3.8, 4) is 0 Å². The van der Waals surface area contributed by atoms with Crippen LogP contribution in [0.4, 0.5) is 0 Å². The first kappa shape index (κ1) is 16.0. The molecule has 20 heavy (non-hydrogen) atoms. The highest BCUT2D eigenvalue weighted by atomic mass is 16.7. The van der Waals surface area contributed by atoms with Crippen molar-refractivity contribution in [2.45, 2.75) is 40.4 Å². The van der Waals surface area contributed by atoms with Crippen molar-refractivity contribution in [3.63, 3.8) is 0 Å². The second kappa shape index (κ2) is 7.48. The lowest BCUT2D eigenvalue weighted by Gasteiger charge is -2.19. The van der Waals surface area contributed by atoms with E-state index in [1.807, 2.05) is 44.2 Å². The fourth-order valence-corrected chi connectivity index (χ4v) is 1.79. The Kier molecular flexibility index (Phi) is 5.97. The van der Waals surface area contributed by atoms with Crippen LogP contribution < -0.4 is 0 Å². The Bertz CT molecular complexity index is 501. The molecule has 0 amide bonds. The third-order valence-corrected chi connectivity index (χ3v) is 2.65. The van der Waals surface area contributed by atoms with Gasteiger partial charge in [-0.25, -0.2) is 0 Å². The van der Waals surface area contributed by atoms with Crippen molar-refractivity contribution in [2.75, 3.05) is 0 Å². The van der Waals surface area contributed by atoms with E-state index in [-0.39, 0.29) is 0 Å². The van der Waals surface area contributed by atoms with Gasteiger partial charge in [0.05, 0.1) is 0 Å². The number of ether oxygens (including phenoxy) is 2. The van der Waals surface area contributed by atoms with Crippen LogP contribution in [0.3, 0.4) is 0 Å². The summed E-state index contributed by atoms with van der Waals surface area (Å²) in [6.07, 6.45) is 1.53. The standard InChI is InChI=1S/C16H20O4/c1-5-15(10-14-8-6-7-11(2)9-14)16(19-12(3)17)20-13(4)18/h6-10,16H,5H2,1-4H3. The molecule has 1 aromatic rings. The molecule has 108 valence electrons. The summed E-state index contributed by atoms with van der Waals surface area (Å²) in [6.45, 7) is 6.49. The van der Waals surface area contributed by atoms with Crippen molar-refractivity contribution in [3.05, 3.63) is 41.0 Å². The van der Waals surface area contributed by atoms with Crippen LogP contribution in [0.25, 0.3) is 6.08 Å². The molecule has 0 N–H and O–H groups in total. The summed E-state index contributed by atoms with van der Waals surface area (Å²) in [4.78, 5) is 22.2. The number of hydrogen-bond acceptors (Lipinski definition) is 4. The zero-order valence-electron chi connectivity index (χ0n) is 12.3. The van der Waals surface area contributed by atoms with E-state index in [4.69, 9.17) is 9.47 Å². The molecule has 0 aliphatic rings. The minimum Gasteiger partial charge on any atom is -0.421 e. The van der Waals surface area contributed by atoms with E-state index in [2.05, 4.69) is 0 Å². The SMILES string of the molecule is CCC(=Cc1cccc(C)c1)C(OC(C)=O)OC(C)=O. The van der Waals surface area contributed by atoms with E-state index in [0.717, 1.165) is 16.7 Å². The van der Waals surface area contributed by atoms with Crippen LogP contribution in [0.1, 0.15) is 38.3 Å². The number of carbonyl (C=O) groups excluding carboxylic acids is 2. The number of esters is 2. The molecule has 1 rings (SSSR count). The molecular weight excluding hydrogens is 256 g/mol. The molecule has 0 aliphatic heterocycles. The van der Waals surface area contributed by atoms with Gasteiger partial charge in [0.15, 0.2) is 0 Å². The average molecular weight is 276 g/mol. The minimum absolute atomic E-state index is 0.486. The molecule has 0 fully saturated rings. The summed E-state index contributed by atoms with van der Waals surface area (Å²) in [5.74, 6) is -0.973. The Hall–Kier alpha value is -2.10. The fraction of sp³-hybridized carbons (Fsp3) is 0.375. The largest absolute Gasteiger partial charge is 0.421 e. The molecule has 0 atom stereocenters. The summed E-state index contributed by atoms with van der Waals surface area (Å²) in [7, 11) is 0. The van der Waals surface area contributed by atoms with Gasteiger partial charge in [-0.1, -0.05) is 36.8 Å². The van der Waals surface area contributed by atoms with Crippen LogP contribution in [-0.4, -0.2) is 18.2 Å². The molecule has 0 aromatic heterocycles. The Morgan fingerprint density at radius 3 is 2.25 bits per heavy atom. The van der Waals surface area contributed by atoms with Gasteiger partial charge >= 0.3 is 11.9 Å². The second-order valence-electron chi connectivity index (χ2n) is 4.54. The van der Waals surface area contributed by atoms with Crippen LogP contribution in [0.15, 0.2) is 29.8 Å². The molecular formula is C16H20O4. The van der Waals surface area contributed by atoms with Gasteiger partial charge in [-0.2, -0.15) is 0 Å². The third kappa shape index (κ3) is 5.26. The Morgan fingerprint density at radius 2 is 1.80 bits per heavy atom. The summed E-state index contributed by atoms with van der Waals surface area (Å²) in [6, 6.07) is 7.90. The normalized spacial score (nSPS) is 11.3. The molecule has 1 aromatic carbocycles. The van der Waals surface area contributed by atoms with E-state index < -0.39 is 18.2 Å². The first-order valence-electron chi connectivity index (χ1n) is 6.54. The van der Waals surface area contributed by atoms with Crippen molar-refractivity contribution < 1.29 is 19.1 Å². The van der Waals surface area contributed by atoms with Gasteiger partial charge in [0, 0.05) is 19.4 Å². The second-order valence-corrected chi connectivity index (χ2v) is 4.54. The number of aryl methyl sites for hydroxylation is 1. The Labute approximate surface area is 119 Å². The Balaban J connectivity index is 3.04. The highest BCUT2D eigenvalue weighted by Crippen LogP contribution is 2.18. The fourth-order valence-electron chi connectivity index (χ4n) is 1.79. The van der Waals surface area contributed by atoms with E-state index in [1.54, 1.807) is 0 Å². The lowest BCUT2D eigenvalue weighted by molar-refractivity contribution is -0.178. The number of rotatable bonds is 5. The monoisotopic (exact) mass is 276 g/mol. The maximum atomic E-state index is 11.1. The van der Waals surface area contributed by atoms with Crippen molar-refractivity contribution in [1.29, 1.82) is 0 Å². The molecule has 0 heterocycles. The van der Waals surface area contributed by atoms with Gasteiger partial charge in [0.25, 0.3) is 6.29 Å². The maximum Gasteiger partial charge on any atom is 0.305 e. The number of hydrogen-bond donors (Lipinski definition) is 0. The summed E-state index contributed by atoms with van der Waals surface area (Å²) in [5, 5.41) is 0. The zero-order chi connectivity index (χ0) is 15.1. The first-order valence-corrected chi connectivity index (χ1v) is 6.54. The maximum absolute atomic E-state index is 11.1. The highest BCUT2D eigenvalue weighted by Gasteiger charge is 2.19. The van der Waals surface area contributed by atoms with Gasteiger partial charge in [-0.15, -0.1) is 0 Å². The lowest BCUT2D eigenvalue weighted by atomic mass is 10.1. The highest BCUT2D eigenvalue weighted by molar-refractivity contribution is 5.69. The van der Waals surface area contributed by atoms with Crippen molar-refractivity contribution in [1.82, 2.24) is 0 Å². The van der Waals surface area contributed by atoms with Crippen LogP contribution in [-0.2, 0) is 19.1 Å². The van der Waals surface area contributed by atoms with Crippen molar-refractivity contribution in [2.24, 2.45) is 0 Å². The lowest BCUT2D eigenvalue weighted by Crippen LogP contribution is -2.24. The smallest absolute Gasteiger partial charge is 0.305 e. The molecule has 0 bridgehead atoms. The Morgan fingerprint density at radius 1 is 1.20 bits per heavy atom. The van der Waals surface area contributed by atoms with Crippen LogP contribution in [0.2, 0.25) is 0 Å². The molecule has 0 saturated heterocycles. The molecule has 0 spiro atoms. The van der Waals surface area contributed by atoms with Gasteiger partial charge in [-0.3, -0.25) is 9.59 Å². The van der Waals surface area contributed by atoms with E-state index in [0.29, 0.717) is 6.42 Å². The van der Waals surface area contributed by atoms with Gasteiger partial charge in [0.2, 0.25) is 0 Å². The van der Waals surface area contributed by atoms with E-state index in [9.17, 15) is 9.59 Å². The average Bonchev–Trinajstić information content (AvgIpc) is 2.34. The molecule has 0 aliphatic carbocycles. The summed E-state index contributed by atoms with van der Waals surface area (Å²) >= 11 is 0. The van der Waals surface area contributed by atoms with Gasteiger partial charge < -0.3 is 9.47 Å². The van der Waals surface area contributed by atoms with E-state index >= 15 is 0 Å². The molecule has 4 nitrogen and oxygen atoms in total. The predicted octanol–water partition coefficient (Wildman–Crippen LogP) is 3.24. The number of carbonyl (C=O) groups is 2. The van der Waals surface area contributed by atoms with Gasteiger partial charge in [0.1, 0.15) is 0 Å². The van der Waals surface area contributed by atoms with Crippen LogP contribution in [0, 0.1) is 6.92 Å². The molecule has 0 saturated carbocycles. The quantitative estimate of drug-likeness (QED) is 0.612. The van der Waals surface area contributed by atoms with Crippen LogP contribution in [0.5, 0.6) is 0 Å². The topological polar surface area (TPSA) is 52.6 Å². The minimum atomic E-state index is -0.962. The third-order valence-electron chi connectivity index (χ3n) is 2.65. The molecule has 0 unspecified atom stereocenters. The molecule has 0 radical (unpaired) electrons. The van der Waals surface area contributed by atoms with Gasteiger partial charge in [-0.05, 0) is 25.0 Å². The predicted molar refractivity (Wildman–Crippen MR) is 76.8 cm³/mol.